The molecule has 0 radical (unpaired) electrons. The number of benzene rings is 2. The maximum Gasteiger partial charge on any atom is 0.416 e. The Morgan fingerprint density at radius 3 is 2.44 bits per heavy atom. The van der Waals surface area contributed by atoms with Crippen molar-refractivity contribution in [1.29, 1.82) is 0 Å². The Hall–Kier alpha value is -3.49. The highest BCUT2D eigenvalue weighted by Crippen LogP contribution is 2.39. The first-order valence-corrected chi connectivity index (χ1v) is 10.2. The summed E-state index contributed by atoms with van der Waals surface area (Å²) in [6.45, 7) is 2.54. The van der Waals surface area contributed by atoms with Gasteiger partial charge >= 0.3 is 6.18 Å². The van der Waals surface area contributed by atoms with Gasteiger partial charge < -0.3 is 20.4 Å². The molecule has 0 saturated heterocycles. The van der Waals surface area contributed by atoms with Crippen molar-refractivity contribution in [2.45, 2.75) is 32.2 Å². The molecule has 0 aliphatic carbocycles. The zero-order chi connectivity index (χ0) is 23.3. The smallest absolute Gasteiger partial charge is 0.346 e. The van der Waals surface area contributed by atoms with E-state index in [0.717, 1.165) is 11.6 Å². The van der Waals surface area contributed by atoms with E-state index < -0.39 is 23.8 Å². The van der Waals surface area contributed by atoms with Crippen LogP contribution in [0, 0.1) is 0 Å². The molecule has 0 spiro atoms. The van der Waals surface area contributed by atoms with Crippen molar-refractivity contribution < 1.29 is 22.8 Å². The zero-order valence-electron chi connectivity index (χ0n) is 17.8. The first-order chi connectivity index (χ1) is 15.3. The number of carbonyl (C=O) groups is 2. The summed E-state index contributed by atoms with van der Waals surface area (Å²) in [4.78, 5) is 27.6. The Kier molecular flexibility index (Phi) is 7.07. The Morgan fingerprint density at radius 1 is 1.16 bits per heavy atom. The Balaban J connectivity index is 2.12. The van der Waals surface area contributed by atoms with Crippen LogP contribution in [0.15, 0.2) is 66.1 Å². The molecule has 1 aliphatic rings. The molecule has 2 aromatic carbocycles. The third-order valence-corrected chi connectivity index (χ3v) is 5.18. The minimum Gasteiger partial charge on any atom is -0.346 e. The van der Waals surface area contributed by atoms with Crippen LogP contribution in [0.25, 0.3) is 0 Å². The van der Waals surface area contributed by atoms with Crippen molar-refractivity contribution in [2.24, 2.45) is 0 Å². The van der Waals surface area contributed by atoms with Crippen molar-refractivity contribution in [1.82, 2.24) is 20.4 Å². The monoisotopic (exact) mass is 446 g/mol. The minimum absolute atomic E-state index is 0.0397. The van der Waals surface area contributed by atoms with E-state index in [4.69, 9.17) is 0 Å². The molecule has 1 unspecified atom stereocenters. The van der Waals surface area contributed by atoms with Crippen LogP contribution in [0.5, 0.6) is 0 Å². The van der Waals surface area contributed by atoms with Crippen molar-refractivity contribution in [3.8, 4) is 0 Å². The molecule has 0 bridgehead atoms. The summed E-state index contributed by atoms with van der Waals surface area (Å²) in [5.41, 5.74) is 0.0668. The van der Waals surface area contributed by atoms with Gasteiger partial charge in [-0.25, -0.2) is 0 Å². The molecule has 9 heteroatoms. The third-order valence-electron chi connectivity index (χ3n) is 5.18. The molecule has 1 aliphatic heterocycles. The zero-order valence-corrected chi connectivity index (χ0v) is 17.8. The molecule has 6 nitrogen and oxygen atoms in total. The highest BCUT2D eigenvalue weighted by atomic mass is 19.4. The van der Waals surface area contributed by atoms with Gasteiger partial charge in [-0.05, 0) is 18.1 Å². The summed E-state index contributed by atoms with van der Waals surface area (Å²) in [6.07, 6.45) is -4.49. The van der Waals surface area contributed by atoms with Gasteiger partial charge in [0, 0.05) is 25.7 Å². The first-order valence-electron chi connectivity index (χ1n) is 10.2. The van der Waals surface area contributed by atoms with Gasteiger partial charge in [0.05, 0.1) is 5.56 Å². The lowest BCUT2D eigenvalue weighted by Gasteiger charge is -2.31. The fourth-order valence-corrected chi connectivity index (χ4v) is 3.76. The molecule has 3 rings (SSSR count). The summed E-state index contributed by atoms with van der Waals surface area (Å²) >= 11 is 0. The van der Waals surface area contributed by atoms with Gasteiger partial charge in [0.2, 0.25) is 6.41 Å². The van der Waals surface area contributed by atoms with Gasteiger partial charge in [-0.15, -0.1) is 0 Å². The molecular formula is C23H25F3N4O2. The molecule has 170 valence electrons. The predicted octanol–water partition coefficient (Wildman–Crippen LogP) is 3.59. The van der Waals surface area contributed by atoms with Gasteiger partial charge in [0.25, 0.3) is 5.91 Å². The molecule has 0 aromatic heterocycles. The van der Waals surface area contributed by atoms with Gasteiger partial charge in [0.1, 0.15) is 17.7 Å². The SMILES string of the molecule is CCCN(C)C(=O)C1=C(NC=O)NC(c2ccccc2C(F)(F)F)N1Cc1ccccc1. The Bertz CT molecular complexity index is 992. The largest absolute Gasteiger partial charge is 0.416 e. The van der Waals surface area contributed by atoms with Crippen LogP contribution in [0.1, 0.15) is 36.2 Å². The number of nitrogens with zero attached hydrogens (tertiary/aromatic N) is 2. The summed E-state index contributed by atoms with van der Waals surface area (Å²) in [5.74, 6) is -0.322. The molecule has 0 fully saturated rings. The van der Waals surface area contributed by atoms with E-state index >= 15 is 0 Å². The summed E-state index contributed by atoms with van der Waals surface area (Å²) in [7, 11) is 1.62. The normalized spacial score (nSPS) is 16.0. The number of hydrogen-bond donors (Lipinski definition) is 2. The number of likely N-dealkylation sites (N-methyl/N-ethyl adjacent to an activating group) is 1. The van der Waals surface area contributed by atoms with E-state index in [1.54, 1.807) is 11.9 Å². The van der Waals surface area contributed by atoms with Crippen molar-refractivity contribution in [3.05, 3.63) is 82.8 Å². The third kappa shape index (κ3) is 4.87. The van der Waals surface area contributed by atoms with E-state index in [-0.39, 0.29) is 23.6 Å². The average molecular weight is 446 g/mol. The lowest BCUT2D eigenvalue weighted by Crippen LogP contribution is -2.37. The summed E-state index contributed by atoms with van der Waals surface area (Å²) < 4.78 is 41.3. The topological polar surface area (TPSA) is 64.7 Å². The predicted molar refractivity (Wildman–Crippen MR) is 113 cm³/mol. The van der Waals surface area contributed by atoms with Crippen LogP contribution < -0.4 is 10.6 Å². The maximum atomic E-state index is 13.8. The number of carbonyl (C=O) groups excluding carboxylic acids is 2. The highest BCUT2D eigenvalue weighted by molar-refractivity contribution is 5.94. The van der Waals surface area contributed by atoms with Crippen LogP contribution in [-0.2, 0) is 22.3 Å². The van der Waals surface area contributed by atoms with Crippen molar-refractivity contribution in [2.75, 3.05) is 13.6 Å². The van der Waals surface area contributed by atoms with Crippen LogP contribution in [-0.4, -0.2) is 35.7 Å². The molecule has 2 amide bonds. The molecule has 2 N–H and O–H groups in total. The lowest BCUT2D eigenvalue weighted by molar-refractivity contribution is -0.138. The second-order valence-corrected chi connectivity index (χ2v) is 7.46. The Morgan fingerprint density at radius 2 is 1.81 bits per heavy atom. The van der Waals surface area contributed by atoms with E-state index in [0.29, 0.717) is 19.4 Å². The van der Waals surface area contributed by atoms with Crippen molar-refractivity contribution >= 4 is 12.3 Å². The van der Waals surface area contributed by atoms with Gasteiger partial charge in [-0.3, -0.25) is 9.59 Å². The second kappa shape index (κ2) is 9.76. The van der Waals surface area contributed by atoms with Crippen LogP contribution >= 0.6 is 0 Å². The molecular weight excluding hydrogens is 421 g/mol. The number of halogens is 3. The maximum absolute atomic E-state index is 13.8. The second-order valence-electron chi connectivity index (χ2n) is 7.46. The van der Waals surface area contributed by atoms with Crippen LogP contribution in [0.3, 0.4) is 0 Å². The first kappa shape index (κ1) is 23.2. The van der Waals surface area contributed by atoms with Crippen LogP contribution in [0.2, 0.25) is 0 Å². The average Bonchev–Trinajstić information content (AvgIpc) is 3.11. The standard InChI is InChI=1S/C23H25F3N4O2/c1-3-13-29(2)22(32)19-20(27-15-31)28-21(30(19)14-16-9-5-4-6-10-16)17-11-7-8-12-18(17)23(24,25)26/h4-12,15,21,28H,3,13-14H2,1-2H3,(H,27,31). The Labute approximate surface area is 184 Å². The van der Waals surface area contributed by atoms with E-state index in [1.165, 1.54) is 23.1 Å². The summed E-state index contributed by atoms with van der Waals surface area (Å²) in [6, 6.07) is 14.3. The van der Waals surface area contributed by atoms with Gasteiger partial charge in [-0.2, -0.15) is 13.2 Å². The number of hydrogen-bond acceptors (Lipinski definition) is 4. The number of alkyl halides is 3. The quantitative estimate of drug-likeness (QED) is 0.609. The number of amides is 2. The fraction of sp³-hybridized carbons (Fsp3) is 0.304. The molecule has 32 heavy (non-hydrogen) atoms. The molecule has 1 heterocycles. The lowest BCUT2D eigenvalue weighted by atomic mass is 10.0. The summed E-state index contributed by atoms with van der Waals surface area (Å²) in [5, 5.41) is 5.40. The van der Waals surface area contributed by atoms with Gasteiger partial charge in [0.15, 0.2) is 0 Å². The van der Waals surface area contributed by atoms with E-state index in [1.807, 2.05) is 37.3 Å². The highest BCUT2D eigenvalue weighted by Gasteiger charge is 2.42. The minimum atomic E-state index is -4.58. The number of rotatable bonds is 8. The van der Waals surface area contributed by atoms with Crippen molar-refractivity contribution in [3.63, 3.8) is 0 Å². The van der Waals surface area contributed by atoms with E-state index in [9.17, 15) is 22.8 Å². The van der Waals surface area contributed by atoms with Gasteiger partial charge in [-0.1, -0.05) is 55.5 Å². The molecule has 2 aromatic rings. The molecule has 0 saturated carbocycles. The molecule has 1 atom stereocenters. The number of nitrogens with one attached hydrogen (secondary N) is 2. The van der Waals surface area contributed by atoms with E-state index in [2.05, 4.69) is 10.6 Å². The van der Waals surface area contributed by atoms with Crippen LogP contribution in [0.4, 0.5) is 13.2 Å². The fourth-order valence-electron chi connectivity index (χ4n) is 3.76.